The Kier molecular flexibility index (Phi) is 8.21. The van der Waals surface area contributed by atoms with E-state index in [9.17, 15) is 9.59 Å². The van der Waals surface area contributed by atoms with Crippen LogP contribution in [0.25, 0.3) is 0 Å². The predicted octanol–water partition coefficient (Wildman–Crippen LogP) is 2.87. The fraction of sp³-hybridized carbons (Fsp3) is 0.211. The average Bonchev–Trinajstić information content (AvgIpc) is 2.68. The molecule has 0 bridgehead atoms. The Hall–Kier alpha value is -2.65. The lowest BCUT2D eigenvalue weighted by Crippen LogP contribution is -2.49. The summed E-state index contributed by atoms with van der Waals surface area (Å²) in [6, 6.07) is 12.0. The van der Waals surface area contributed by atoms with Gasteiger partial charge in [-0.15, -0.1) is 0 Å². The summed E-state index contributed by atoms with van der Waals surface area (Å²) >= 11 is 8.39. The highest BCUT2D eigenvalue weighted by Gasteiger charge is 2.09. The number of halogens is 1. The first kappa shape index (κ1) is 21.6. The van der Waals surface area contributed by atoms with Gasteiger partial charge in [0.2, 0.25) is 0 Å². The van der Waals surface area contributed by atoms with Gasteiger partial charge in [0.15, 0.2) is 11.7 Å². The smallest absolute Gasteiger partial charge is 0.276 e. The van der Waals surface area contributed by atoms with E-state index >= 15 is 0 Å². The molecule has 0 unspecified atom stereocenters. The van der Waals surface area contributed by atoms with E-state index in [2.05, 4.69) is 32.1 Å². The maximum atomic E-state index is 12.1. The summed E-state index contributed by atoms with van der Waals surface area (Å²) < 4.78 is 11.7. The van der Waals surface area contributed by atoms with Crippen molar-refractivity contribution in [1.82, 2.24) is 16.2 Å². The summed E-state index contributed by atoms with van der Waals surface area (Å²) in [5.41, 5.74) is 6.23. The number of benzene rings is 2. The van der Waals surface area contributed by atoms with Crippen molar-refractivity contribution in [2.75, 3.05) is 13.2 Å². The predicted molar refractivity (Wildman–Crippen MR) is 113 cm³/mol. The van der Waals surface area contributed by atoms with Crippen LogP contribution in [0.3, 0.4) is 0 Å². The monoisotopic (exact) mass is 465 g/mol. The number of carbonyl (C=O) groups excluding carboxylic acids is 2. The molecule has 0 heterocycles. The normalized spacial score (nSPS) is 9.96. The van der Waals surface area contributed by atoms with Crippen molar-refractivity contribution in [1.29, 1.82) is 0 Å². The first-order chi connectivity index (χ1) is 13.4. The van der Waals surface area contributed by atoms with Crippen LogP contribution in [0.2, 0.25) is 0 Å². The topological polar surface area (TPSA) is 88.7 Å². The third-order valence-corrected chi connectivity index (χ3v) is 4.56. The van der Waals surface area contributed by atoms with Crippen LogP contribution in [-0.2, 0) is 4.79 Å². The van der Waals surface area contributed by atoms with Crippen molar-refractivity contribution in [3.8, 4) is 11.5 Å². The Morgan fingerprint density at radius 2 is 1.71 bits per heavy atom. The van der Waals surface area contributed by atoms with E-state index in [4.69, 9.17) is 21.7 Å². The van der Waals surface area contributed by atoms with Gasteiger partial charge in [-0.25, -0.2) is 0 Å². The number of hydrogen-bond acceptors (Lipinski definition) is 5. The zero-order valence-electron chi connectivity index (χ0n) is 15.4. The second-order valence-corrected chi connectivity index (χ2v) is 6.88. The minimum atomic E-state index is -0.446. The van der Waals surface area contributed by atoms with E-state index in [0.29, 0.717) is 23.7 Å². The van der Waals surface area contributed by atoms with Gasteiger partial charge in [0, 0.05) is 10.0 Å². The number of hydrazine groups is 1. The number of carbonyl (C=O) groups is 2. The molecule has 0 aromatic heterocycles. The van der Waals surface area contributed by atoms with Crippen LogP contribution < -0.4 is 25.6 Å². The van der Waals surface area contributed by atoms with E-state index in [-0.39, 0.29) is 11.7 Å². The SMILES string of the molecule is CCOc1ccc(C(=O)NC(=S)NNC(=O)COc2ccc(Br)c(C)c2)cc1. The molecule has 9 heteroatoms. The highest BCUT2D eigenvalue weighted by atomic mass is 79.9. The van der Waals surface area contributed by atoms with Crippen LogP contribution >= 0.6 is 28.1 Å². The average molecular weight is 466 g/mol. The maximum absolute atomic E-state index is 12.1. The zero-order chi connectivity index (χ0) is 20.5. The number of amides is 2. The number of thiocarbonyl (C=S) groups is 1. The minimum absolute atomic E-state index is 0.0354. The van der Waals surface area contributed by atoms with Crippen molar-refractivity contribution in [3.63, 3.8) is 0 Å². The lowest BCUT2D eigenvalue weighted by Gasteiger charge is -2.12. The number of ether oxygens (including phenoxy) is 2. The van der Waals surface area contributed by atoms with E-state index in [0.717, 1.165) is 10.0 Å². The molecule has 0 atom stereocenters. The van der Waals surface area contributed by atoms with Crippen LogP contribution in [0, 0.1) is 6.92 Å². The molecule has 0 aliphatic heterocycles. The van der Waals surface area contributed by atoms with Gasteiger partial charge in [0.25, 0.3) is 11.8 Å². The van der Waals surface area contributed by atoms with Crippen LogP contribution in [0.5, 0.6) is 11.5 Å². The number of nitrogens with one attached hydrogen (secondary N) is 3. The number of hydrogen-bond donors (Lipinski definition) is 3. The molecular formula is C19H20BrN3O4S. The minimum Gasteiger partial charge on any atom is -0.494 e. The van der Waals surface area contributed by atoms with Gasteiger partial charge in [0.1, 0.15) is 11.5 Å². The second kappa shape index (κ2) is 10.6. The molecule has 0 radical (unpaired) electrons. The zero-order valence-corrected chi connectivity index (χ0v) is 17.8. The summed E-state index contributed by atoms with van der Waals surface area (Å²) in [4.78, 5) is 24.0. The van der Waals surface area contributed by atoms with Crippen LogP contribution in [0.1, 0.15) is 22.8 Å². The number of aryl methyl sites for hydroxylation is 1. The second-order valence-electron chi connectivity index (χ2n) is 5.61. The quantitative estimate of drug-likeness (QED) is 0.448. The summed E-state index contributed by atoms with van der Waals surface area (Å²) in [5, 5.41) is 2.43. The molecule has 0 saturated heterocycles. The van der Waals surface area contributed by atoms with Gasteiger partial charge in [0.05, 0.1) is 6.61 Å². The third kappa shape index (κ3) is 6.82. The molecule has 0 aliphatic carbocycles. The van der Waals surface area contributed by atoms with Crippen molar-refractivity contribution in [3.05, 3.63) is 58.1 Å². The van der Waals surface area contributed by atoms with Gasteiger partial charge >= 0.3 is 0 Å². The standard InChI is InChI=1S/C19H20BrN3O4S/c1-3-26-14-6-4-13(5-7-14)18(25)21-19(28)23-22-17(24)11-27-15-8-9-16(20)12(2)10-15/h4-10H,3,11H2,1-2H3,(H,22,24)(H2,21,23,25,28). The molecule has 2 aromatic carbocycles. The molecular weight excluding hydrogens is 446 g/mol. The maximum Gasteiger partial charge on any atom is 0.276 e. The molecule has 0 aliphatic rings. The summed E-state index contributed by atoms with van der Waals surface area (Å²) in [7, 11) is 0. The summed E-state index contributed by atoms with van der Waals surface area (Å²) in [5.74, 6) is 0.393. The summed E-state index contributed by atoms with van der Waals surface area (Å²) in [6.45, 7) is 4.14. The molecule has 0 fully saturated rings. The molecule has 2 rings (SSSR count). The molecule has 148 valence electrons. The van der Waals surface area contributed by atoms with E-state index in [1.807, 2.05) is 26.0 Å². The Morgan fingerprint density at radius 1 is 1.04 bits per heavy atom. The van der Waals surface area contributed by atoms with Gasteiger partial charge < -0.3 is 9.47 Å². The Bertz CT molecular complexity index is 859. The van der Waals surface area contributed by atoms with E-state index in [1.54, 1.807) is 30.3 Å². The van der Waals surface area contributed by atoms with Crippen LogP contribution in [0.4, 0.5) is 0 Å². The third-order valence-electron chi connectivity index (χ3n) is 3.47. The molecule has 2 aromatic rings. The molecule has 0 saturated carbocycles. The van der Waals surface area contributed by atoms with Crippen LogP contribution in [0.15, 0.2) is 46.9 Å². The van der Waals surface area contributed by atoms with E-state index in [1.165, 1.54) is 0 Å². The van der Waals surface area contributed by atoms with Gasteiger partial charge in [-0.1, -0.05) is 15.9 Å². The van der Waals surface area contributed by atoms with Gasteiger partial charge in [-0.05, 0) is 74.1 Å². The van der Waals surface area contributed by atoms with Gasteiger partial charge in [-0.3, -0.25) is 25.8 Å². The highest BCUT2D eigenvalue weighted by Crippen LogP contribution is 2.21. The molecule has 7 nitrogen and oxygen atoms in total. The summed E-state index contributed by atoms with van der Waals surface area (Å²) in [6.07, 6.45) is 0. The van der Waals surface area contributed by atoms with Crippen molar-refractivity contribution >= 4 is 45.1 Å². The van der Waals surface area contributed by atoms with Crippen molar-refractivity contribution in [2.45, 2.75) is 13.8 Å². The van der Waals surface area contributed by atoms with Crippen molar-refractivity contribution < 1.29 is 19.1 Å². The largest absolute Gasteiger partial charge is 0.494 e. The Balaban J connectivity index is 1.74. The Labute approximate surface area is 176 Å². The van der Waals surface area contributed by atoms with Crippen molar-refractivity contribution in [2.24, 2.45) is 0 Å². The van der Waals surface area contributed by atoms with E-state index < -0.39 is 11.8 Å². The first-order valence-electron chi connectivity index (χ1n) is 8.41. The molecule has 3 N–H and O–H groups in total. The Morgan fingerprint density at radius 3 is 2.36 bits per heavy atom. The fourth-order valence-corrected chi connectivity index (χ4v) is 2.48. The lowest BCUT2D eigenvalue weighted by molar-refractivity contribution is -0.123. The number of rotatable bonds is 6. The van der Waals surface area contributed by atoms with Gasteiger partial charge in [-0.2, -0.15) is 0 Å². The molecule has 2 amide bonds. The molecule has 28 heavy (non-hydrogen) atoms. The molecule has 0 spiro atoms. The van der Waals surface area contributed by atoms with Crippen LogP contribution in [-0.4, -0.2) is 30.1 Å². The fourth-order valence-electron chi connectivity index (χ4n) is 2.09. The lowest BCUT2D eigenvalue weighted by atomic mass is 10.2. The first-order valence-corrected chi connectivity index (χ1v) is 9.61. The highest BCUT2D eigenvalue weighted by molar-refractivity contribution is 9.10.